The smallest absolute Gasteiger partial charge is 0.271 e. The van der Waals surface area contributed by atoms with Gasteiger partial charge in [-0.3, -0.25) is 9.69 Å². The summed E-state index contributed by atoms with van der Waals surface area (Å²) in [5.74, 6) is 0.485. The van der Waals surface area contributed by atoms with E-state index in [1.54, 1.807) is 12.3 Å². The number of hydrogen-bond donors (Lipinski definition) is 1. The molecule has 0 saturated carbocycles. The fourth-order valence-electron chi connectivity index (χ4n) is 2.85. The van der Waals surface area contributed by atoms with Crippen molar-refractivity contribution in [3.8, 4) is 5.75 Å². The van der Waals surface area contributed by atoms with Crippen LogP contribution in [0.2, 0.25) is 0 Å². The Morgan fingerprint density at radius 1 is 1.21 bits per heavy atom. The number of benzene rings is 2. The van der Waals surface area contributed by atoms with Crippen LogP contribution < -0.4 is 10.2 Å². The summed E-state index contributed by atoms with van der Waals surface area (Å²) in [7, 11) is 0. The lowest BCUT2D eigenvalue weighted by Crippen LogP contribution is -2.35. The molecule has 1 N–H and O–H groups in total. The van der Waals surface area contributed by atoms with E-state index in [1.165, 1.54) is 5.56 Å². The summed E-state index contributed by atoms with van der Waals surface area (Å²) >= 11 is 0. The van der Waals surface area contributed by atoms with Crippen molar-refractivity contribution in [2.45, 2.75) is 6.54 Å². The van der Waals surface area contributed by atoms with Gasteiger partial charge in [-0.2, -0.15) is 5.10 Å². The van der Waals surface area contributed by atoms with Crippen molar-refractivity contribution in [2.24, 2.45) is 5.10 Å². The molecule has 0 bridgehead atoms. The van der Waals surface area contributed by atoms with Crippen molar-refractivity contribution < 1.29 is 14.3 Å². The first kappa shape index (κ1) is 19.8. The van der Waals surface area contributed by atoms with E-state index in [4.69, 9.17) is 9.47 Å². The number of rotatable bonds is 8. The number of hydrogen-bond acceptors (Lipinski definition) is 5. The highest BCUT2D eigenvalue weighted by molar-refractivity contribution is 5.94. The Hall–Kier alpha value is -2.96. The second-order valence-electron chi connectivity index (χ2n) is 6.46. The monoisotopic (exact) mass is 379 g/mol. The average molecular weight is 379 g/mol. The van der Waals surface area contributed by atoms with Crippen molar-refractivity contribution in [1.29, 1.82) is 0 Å². The molecule has 1 saturated heterocycles. The van der Waals surface area contributed by atoms with Crippen LogP contribution in [0.3, 0.4) is 0 Å². The van der Waals surface area contributed by atoms with Crippen molar-refractivity contribution >= 4 is 12.1 Å². The number of nitrogens with one attached hydrogen (secondary N) is 1. The highest BCUT2D eigenvalue weighted by Crippen LogP contribution is 2.12. The summed E-state index contributed by atoms with van der Waals surface area (Å²) in [5, 5.41) is 4.03. The third kappa shape index (κ3) is 6.04. The molecule has 28 heavy (non-hydrogen) atoms. The van der Waals surface area contributed by atoms with E-state index in [2.05, 4.69) is 22.0 Å². The molecular weight excluding hydrogens is 354 g/mol. The molecule has 6 nitrogen and oxygen atoms in total. The lowest BCUT2D eigenvalue weighted by molar-refractivity contribution is 0.0342. The minimum absolute atomic E-state index is 0.242. The normalized spacial score (nSPS) is 14.7. The van der Waals surface area contributed by atoms with Gasteiger partial charge in [0, 0.05) is 25.2 Å². The molecule has 0 aliphatic carbocycles. The molecule has 0 radical (unpaired) electrons. The Morgan fingerprint density at radius 2 is 2.00 bits per heavy atom. The van der Waals surface area contributed by atoms with Crippen LogP contribution in [0.1, 0.15) is 21.5 Å². The highest BCUT2D eigenvalue weighted by atomic mass is 16.5. The van der Waals surface area contributed by atoms with Gasteiger partial charge >= 0.3 is 0 Å². The van der Waals surface area contributed by atoms with Gasteiger partial charge in [0.2, 0.25) is 0 Å². The zero-order valence-corrected chi connectivity index (χ0v) is 15.8. The maximum Gasteiger partial charge on any atom is 0.271 e. The van der Waals surface area contributed by atoms with Gasteiger partial charge in [-0.25, -0.2) is 5.43 Å². The standard InChI is InChI=1S/C22H25N3O3/c1-2-12-28-21-5-3-4-19(15-21)16-23-24-22(26)20-8-6-18(7-9-20)17-25-10-13-27-14-11-25/h2-9,15-16H,1,10-14,17H2,(H,24,26)/b23-16-. The number of carbonyl (C=O) groups excluding carboxylic acids is 1. The molecule has 2 aromatic rings. The van der Waals surface area contributed by atoms with E-state index in [-0.39, 0.29) is 5.91 Å². The maximum atomic E-state index is 12.3. The van der Waals surface area contributed by atoms with Crippen LogP contribution in [-0.2, 0) is 11.3 Å². The molecule has 3 rings (SSSR count). The Kier molecular flexibility index (Phi) is 7.35. The highest BCUT2D eigenvalue weighted by Gasteiger charge is 2.11. The van der Waals surface area contributed by atoms with Gasteiger partial charge in [-0.1, -0.05) is 36.9 Å². The number of hydrazone groups is 1. The zero-order valence-electron chi connectivity index (χ0n) is 15.8. The minimum atomic E-state index is -0.242. The number of nitrogens with zero attached hydrogens (tertiary/aromatic N) is 2. The average Bonchev–Trinajstić information content (AvgIpc) is 2.74. The molecule has 1 aliphatic heterocycles. The van der Waals surface area contributed by atoms with Gasteiger partial charge in [0.25, 0.3) is 5.91 Å². The quantitative estimate of drug-likeness (QED) is 0.435. The van der Waals surface area contributed by atoms with Crippen LogP contribution in [0.4, 0.5) is 0 Å². The van der Waals surface area contributed by atoms with Crippen LogP contribution in [-0.4, -0.2) is 49.9 Å². The molecule has 1 aliphatic rings. The van der Waals surface area contributed by atoms with Crippen LogP contribution in [0.15, 0.2) is 66.3 Å². The number of amides is 1. The Labute approximate surface area is 165 Å². The zero-order chi connectivity index (χ0) is 19.6. The minimum Gasteiger partial charge on any atom is -0.490 e. The van der Waals surface area contributed by atoms with Crippen molar-refractivity contribution in [1.82, 2.24) is 10.3 Å². The van der Waals surface area contributed by atoms with E-state index in [0.717, 1.165) is 44.2 Å². The van der Waals surface area contributed by atoms with E-state index in [1.807, 2.05) is 48.5 Å². The van der Waals surface area contributed by atoms with Gasteiger partial charge < -0.3 is 9.47 Å². The van der Waals surface area contributed by atoms with E-state index in [0.29, 0.717) is 12.2 Å². The summed E-state index contributed by atoms with van der Waals surface area (Å²) in [6.45, 7) is 8.38. The molecule has 6 heteroatoms. The third-order valence-corrected chi connectivity index (χ3v) is 4.33. The molecule has 146 valence electrons. The van der Waals surface area contributed by atoms with Crippen molar-refractivity contribution in [2.75, 3.05) is 32.9 Å². The maximum absolute atomic E-state index is 12.3. The second kappa shape index (κ2) is 10.4. The molecule has 0 aromatic heterocycles. The molecule has 1 fully saturated rings. The molecule has 0 spiro atoms. The van der Waals surface area contributed by atoms with E-state index in [9.17, 15) is 4.79 Å². The lowest BCUT2D eigenvalue weighted by Gasteiger charge is -2.26. The van der Waals surface area contributed by atoms with E-state index < -0.39 is 0 Å². The van der Waals surface area contributed by atoms with Gasteiger partial charge in [-0.15, -0.1) is 0 Å². The SMILES string of the molecule is C=CCOc1cccc(/C=N\NC(=O)c2ccc(CN3CCOCC3)cc2)c1. The van der Waals surface area contributed by atoms with Gasteiger partial charge in [0.05, 0.1) is 19.4 Å². The summed E-state index contributed by atoms with van der Waals surface area (Å²) in [4.78, 5) is 14.6. The van der Waals surface area contributed by atoms with Crippen LogP contribution in [0.5, 0.6) is 5.75 Å². The molecule has 0 atom stereocenters. The second-order valence-corrected chi connectivity index (χ2v) is 6.46. The van der Waals surface area contributed by atoms with Gasteiger partial charge in [0.1, 0.15) is 12.4 Å². The third-order valence-electron chi connectivity index (χ3n) is 4.33. The number of ether oxygens (including phenoxy) is 2. The molecule has 2 aromatic carbocycles. The Balaban J connectivity index is 1.51. The first-order chi connectivity index (χ1) is 13.7. The molecular formula is C22H25N3O3. The predicted molar refractivity (Wildman–Crippen MR) is 110 cm³/mol. The van der Waals surface area contributed by atoms with Crippen LogP contribution >= 0.6 is 0 Å². The fraction of sp³-hybridized carbons (Fsp3) is 0.273. The van der Waals surface area contributed by atoms with Crippen molar-refractivity contribution in [3.05, 3.63) is 77.9 Å². The lowest BCUT2D eigenvalue weighted by atomic mass is 10.1. The molecule has 1 amide bonds. The topological polar surface area (TPSA) is 63.2 Å². The predicted octanol–water partition coefficient (Wildman–Crippen LogP) is 2.85. The summed E-state index contributed by atoms with van der Waals surface area (Å²) < 4.78 is 10.8. The summed E-state index contributed by atoms with van der Waals surface area (Å²) in [6.07, 6.45) is 3.28. The molecule has 1 heterocycles. The number of carbonyl (C=O) groups is 1. The summed E-state index contributed by atoms with van der Waals surface area (Å²) in [5.41, 5.74) is 5.15. The van der Waals surface area contributed by atoms with Gasteiger partial charge in [0.15, 0.2) is 0 Å². The van der Waals surface area contributed by atoms with Crippen LogP contribution in [0.25, 0.3) is 0 Å². The Bertz CT molecular complexity index is 812. The summed E-state index contributed by atoms with van der Waals surface area (Å²) in [6, 6.07) is 15.1. The Morgan fingerprint density at radius 3 is 2.75 bits per heavy atom. The first-order valence-electron chi connectivity index (χ1n) is 9.31. The van der Waals surface area contributed by atoms with E-state index >= 15 is 0 Å². The molecule has 0 unspecified atom stereocenters. The van der Waals surface area contributed by atoms with Gasteiger partial charge in [-0.05, 0) is 35.4 Å². The largest absolute Gasteiger partial charge is 0.490 e. The fourth-order valence-corrected chi connectivity index (χ4v) is 2.85. The van der Waals surface area contributed by atoms with Crippen molar-refractivity contribution in [3.63, 3.8) is 0 Å². The first-order valence-corrected chi connectivity index (χ1v) is 9.31. The van der Waals surface area contributed by atoms with Crippen LogP contribution in [0, 0.1) is 0 Å². The number of morpholine rings is 1.